The minimum atomic E-state index is -5.21. The molecule has 6 rings (SSSR count). The van der Waals surface area contributed by atoms with E-state index in [2.05, 4.69) is 19.5 Å². The summed E-state index contributed by atoms with van der Waals surface area (Å²) in [6.45, 7) is 0. The van der Waals surface area contributed by atoms with Gasteiger partial charge in [0.2, 0.25) is 11.8 Å². The van der Waals surface area contributed by atoms with Gasteiger partial charge in [0.1, 0.15) is 0 Å². The number of hydrogen-bond donors (Lipinski definition) is 2. The van der Waals surface area contributed by atoms with Crippen LogP contribution in [0.25, 0.3) is 11.1 Å². The Labute approximate surface area is 263 Å². The summed E-state index contributed by atoms with van der Waals surface area (Å²) in [5.74, 6) is -5.60. The minimum Gasteiger partial charge on any atom is -0.493 e. The Bertz CT molecular complexity index is 2020. The molecule has 4 aromatic carbocycles. The Morgan fingerprint density at radius 1 is 0.479 bits per heavy atom. The average molecular weight is 668 g/mol. The number of cyclic esters (lactones) is 4. The lowest BCUT2D eigenvalue weighted by Gasteiger charge is -2.18. The van der Waals surface area contributed by atoms with E-state index in [0.717, 1.165) is 60.7 Å². The second kappa shape index (κ2) is 11.2. The minimum absolute atomic E-state index is 0.0971. The van der Waals surface area contributed by atoms with E-state index in [1.807, 2.05) is 0 Å². The maximum Gasteiger partial charge on any atom is 0.417 e. The number of aliphatic hydroxyl groups is 2. The van der Waals surface area contributed by atoms with Crippen molar-refractivity contribution in [1.29, 1.82) is 0 Å². The zero-order chi connectivity index (χ0) is 34.7. The van der Waals surface area contributed by atoms with E-state index < -0.39 is 81.7 Å². The van der Waals surface area contributed by atoms with Crippen molar-refractivity contribution in [3.63, 3.8) is 0 Å². The SMILES string of the molecule is O=C1OC(=O)c2cc(C(O)=Nc3ccc(-c4ccc(N=C(O)c5ccc6c(c5)C(=O)OC6=O)cc4C(F)(F)F)c(C(F)(F)F)c3)ccc21. The van der Waals surface area contributed by atoms with Crippen molar-refractivity contribution >= 4 is 47.0 Å². The second-order valence-corrected chi connectivity index (χ2v) is 10.2. The molecule has 48 heavy (non-hydrogen) atoms. The molecule has 10 nitrogen and oxygen atoms in total. The number of halogens is 6. The number of hydrogen-bond acceptors (Lipinski definition) is 8. The lowest BCUT2D eigenvalue weighted by molar-refractivity contribution is -0.139. The topological polar surface area (TPSA) is 152 Å². The Morgan fingerprint density at radius 2 is 0.812 bits per heavy atom. The summed E-state index contributed by atoms with van der Waals surface area (Å²) in [6.07, 6.45) is -10.4. The van der Waals surface area contributed by atoms with Crippen molar-refractivity contribution in [2.24, 2.45) is 9.98 Å². The van der Waals surface area contributed by atoms with Gasteiger partial charge in [-0.25, -0.2) is 29.2 Å². The van der Waals surface area contributed by atoms with Crippen LogP contribution in [0.5, 0.6) is 0 Å². The van der Waals surface area contributed by atoms with E-state index in [0.29, 0.717) is 12.1 Å². The fraction of sp³-hybridized carbons (Fsp3) is 0.0625. The smallest absolute Gasteiger partial charge is 0.417 e. The largest absolute Gasteiger partial charge is 0.493 e. The monoisotopic (exact) mass is 668 g/mol. The zero-order valence-corrected chi connectivity index (χ0v) is 23.4. The summed E-state index contributed by atoms with van der Waals surface area (Å²) < 4.78 is 94.3. The summed E-state index contributed by atoms with van der Waals surface area (Å²) in [5.41, 5.74) is -6.82. The molecule has 0 amide bonds. The van der Waals surface area contributed by atoms with E-state index in [1.165, 1.54) is 0 Å². The van der Waals surface area contributed by atoms with Gasteiger partial charge in [-0.15, -0.1) is 0 Å². The molecule has 0 aliphatic carbocycles. The molecule has 2 aliphatic rings. The van der Waals surface area contributed by atoms with Gasteiger partial charge in [0.05, 0.1) is 44.8 Å². The molecule has 0 atom stereocenters. The van der Waals surface area contributed by atoms with Gasteiger partial charge >= 0.3 is 36.2 Å². The van der Waals surface area contributed by atoms with Crippen molar-refractivity contribution in [1.82, 2.24) is 0 Å². The fourth-order valence-electron chi connectivity index (χ4n) is 4.96. The highest BCUT2D eigenvalue weighted by Crippen LogP contribution is 2.45. The maximum atomic E-state index is 14.2. The van der Waals surface area contributed by atoms with Crippen molar-refractivity contribution < 1.29 is 65.2 Å². The van der Waals surface area contributed by atoms with Crippen LogP contribution in [0.15, 0.2) is 82.8 Å². The summed E-state index contributed by atoms with van der Waals surface area (Å²) in [6, 6.07) is 10.8. The van der Waals surface area contributed by atoms with Gasteiger partial charge in [0.15, 0.2) is 0 Å². The van der Waals surface area contributed by atoms with Crippen LogP contribution >= 0.6 is 0 Å². The van der Waals surface area contributed by atoms with Gasteiger partial charge < -0.3 is 19.7 Å². The van der Waals surface area contributed by atoms with Crippen LogP contribution in [0.4, 0.5) is 37.7 Å². The van der Waals surface area contributed by atoms with Crippen molar-refractivity contribution in [2.45, 2.75) is 12.4 Å². The highest BCUT2D eigenvalue weighted by Gasteiger charge is 2.39. The van der Waals surface area contributed by atoms with Crippen molar-refractivity contribution in [2.75, 3.05) is 0 Å². The molecule has 242 valence electrons. The van der Waals surface area contributed by atoms with Crippen molar-refractivity contribution in [3.8, 4) is 11.1 Å². The second-order valence-electron chi connectivity index (χ2n) is 10.2. The number of esters is 4. The number of nitrogens with zero attached hydrogens (tertiary/aromatic N) is 2. The number of aliphatic hydroxyl groups excluding tert-OH is 2. The quantitative estimate of drug-likeness (QED) is 0.0740. The van der Waals surface area contributed by atoms with Gasteiger partial charge in [-0.1, -0.05) is 12.1 Å². The Hall–Kier alpha value is -6.32. The lowest BCUT2D eigenvalue weighted by Crippen LogP contribution is -2.11. The lowest BCUT2D eigenvalue weighted by atomic mass is 9.93. The summed E-state index contributed by atoms with van der Waals surface area (Å²) in [5, 5.41) is 20.9. The molecule has 0 aromatic heterocycles. The molecule has 2 heterocycles. The molecule has 0 radical (unpaired) electrons. The first-order chi connectivity index (χ1) is 22.5. The Balaban J connectivity index is 1.38. The Kier molecular flexibility index (Phi) is 7.37. The van der Waals surface area contributed by atoms with Gasteiger partial charge in [-0.3, -0.25) is 0 Å². The Morgan fingerprint density at radius 3 is 1.17 bits per heavy atom. The van der Waals surface area contributed by atoms with Gasteiger partial charge in [-0.2, -0.15) is 26.3 Å². The third-order valence-electron chi connectivity index (χ3n) is 7.18. The first-order valence-electron chi connectivity index (χ1n) is 13.3. The van der Waals surface area contributed by atoms with E-state index in [4.69, 9.17) is 0 Å². The molecule has 0 saturated carbocycles. The van der Waals surface area contributed by atoms with Crippen LogP contribution in [0, 0.1) is 0 Å². The molecule has 0 saturated heterocycles. The predicted molar refractivity (Wildman–Crippen MR) is 152 cm³/mol. The standard InChI is InChI=1S/C32H14F6N2O8/c33-31(34,35)23-11-15(39-25(41)13-1-5-19-21(9-13)29(45)47-27(19)43)3-7-17(23)18-8-4-16(12-24(18)32(36,37)38)40-26(42)14-2-6-20-22(10-14)30(46)48-28(20)44/h1-12H,(H,39,41)(H,40,42). The van der Waals surface area contributed by atoms with Gasteiger partial charge in [0.25, 0.3) is 0 Å². The molecular weight excluding hydrogens is 654 g/mol. The number of rotatable bonds is 5. The number of carbonyl (C=O) groups is 4. The number of fused-ring (bicyclic) bond motifs is 2. The maximum absolute atomic E-state index is 14.2. The summed E-state index contributed by atoms with van der Waals surface area (Å²) in [4.78, 5) is 54.3. The summed E-state index contributed by atoms with van der Waals surface area (Å²) >= 11 is 0. The molecular formula is C32H14F6N2O8. The summed E-state index contributed by atoms with van der Waals surface area (Å²) in [7, 11) is 0. The van der Waals surface area contributed by atoms with Crippen LogP contribution < -0.4 is 0 Å². The number of benzene rings is 4. The van der Waals surface area contributed by atoms with Crippen LogP contribution in [0.1, 0.15) is 63.7 Å². The molecule has 16 heteroatoms. The molecule has 4 aromatic rings. The van der Waals surface area contributed by atoms with Crippen molar-refractivity contribution in [3.05, 3.63) is 117 Å². The first kappa shape index (κ1) is 31.7. The molecule has 0 spiro atoms. The number of carbonyl (C=O) groups excluding carboxylic acids is 4. The normalized spacial score (nSPS) is 15.0. The number of aliphatic imine (C=N–C) groups is 2. The average Bonchev–Trinajstić information content (AvgIpc) is 3.48. The van der Waals surface area contributed by atoms with E-state index in [1.54, 1.807) is 0 Å². The van der Waals surface area contributed by atoms with Gasteiger partial charge in [-0.05, 0) is 71.8 Å². The van der Waals surface area contributed by atoms with Crippen LogP contribution in [0.3, 0.4) is 0 Å². The predicted octanol–water partition coefficient (Wildman–Crippen LogP) is 7.29. The van der Waals surface area contributed by atoms with Crippen LogP contribution in [-0.4, -0.2) is 45.9 Å². The molecule has 0 bridgehead atoms. The van der Waals surface area contributed by atoms with Gasteiger partial charge in [0, 0.05) is 11.1 Å². The zero-order valence-electron chi connectivity index (χ0n) is 23.4. The number of ether oxygens (including phenoxy) is 2. The third-order valence-corrected chi connectivity index (χ3v) is 7.18. The highest BCUT2D eigenvalue weighted by atomic mass is 19.4. The number of alkyl halides is 6. The molecule has 2 N–H and O–H groups in total. The van der Waals surface area contributed by atoms with Crippen LogP contribution in [-0.2, 0) is 21.8 Å². The van der Waals surface area contributed by atoms with Crippen LogP contribution in [0.2, 0.25) is 0 Å². The third kappa shape index (κ3) is 5.74. The molecule has 0 fully saturated rings. The van der Waals surface area contributed by atoms with E-state index in [-0.39, 0.29) is 33.4 Å². The first-order valence-corrected chi connectivity index (χ1v) is 13.3. The highest BCUT2D eigenvalue weighted by molar-refractivity contribution is 6.16. The molecule has 2 aliphatic heterocycles. The fourth-order valence-corrected chi connectivity index (χ4v) is 4.96. The van der Waals surface area contributed by atoms with E-state index >= 15 is 0 Å². The molecule has 0 unspecified atom stereocenters. The van der Waals surface area contributed by atoms with E-state index in [9.17, 15) is 55.7 Å².